The molecule has 2 aromatic rings. The molecule has 23 heavy (non-hydrogen) atoms. The average molecular weight is 331 g/mol. The number of halogens is 1. The molecule has 0 bridgehead atoms. The van der Waals surface area contributed by atoms with Gasteiger partial charge in [0, 0.05) is 23.8 Å². The molecule has 0 unspecified atom stereocenters. The summed E-state index contributed by atoms with van der Waals surface area (Å²) in [5.74, 6) is -0.0293. The number of ether oxygens (including phenoxy) is 1. The highest BCUT2D eigenvalue weighted by molar-refractivity contribution is 6.30. The van der Waals surface area contributed by atoms with Crippen LogP contribution in [0.15, 0.2) is 54.6 Å². The molecule has 0 spiro atoms. The molecule has 1 heterocycles. The van der Waals surface area contributed by atoms with Crippen molar-refractivity contribution in [2.45, 2.75) is 12.6 Å². The zero-order valence-corrected chi connectivity index (χ0v) is 13.5. The smallest absolute Gasteiger partial charge is 0.257 e. The molecule has 1 aliphatic rings. The number of nitrogens with zero attached hydrogens (tertiary/aromatic N) is 1. The molecule has 4 nitrogen and oxygen atoms in total. The van der Waals surface area contributed by atoms with Gasteiger partial charge in [-0.1, -0.05) is 41.9 Å². The third-order valence-electron chi connectivity index (χ3n) is 3.79. The van der Waals surface area contributed by atoms with Crippen molar-refractivity contribution in [3.05, 3.63) is 65.2 Å². The van der Waals surface area contributed by atoms with Crippen LogP contribution in [0.5, 0.6) is 0 Å². The van der Waals surface area contributed by atoms with Gasteiger partial charge in [-0.2, -0.15) is 0 Å². The van der Waals surface area contributed by atoms with Crippen LogP contribution in [0.1, 0.15) is 5.56 Å². The second kappa shape index (κ2) is 7.59. The lowest BCUT2D eigenvalue weighted by Gasteiger charge is -2.30. The standard InChI is InChI=1S/C18H19ClN2O2/c19-15-8-6-14(7-9-15)13-21(16-4-2-1-3-5-16)18(22)17-12-20-10-11-23-17/h1-9,17,20H,10-13H2/t17-/m1/s1. The number of rotatable bonds is 4. The second-order valence-corrected chi connectivity index (χ2v) is 5.89. The minimum Gasteiger partial charge on any atom is -0.366 e. The van der Waals surface area contributed by atoms with Crippen molar-refractivity contribution in [2.24, 2.45) is 0 Å². The lowest BCUT2D eigenvalue weighted by Crippen LogP contribution is -2.49. The van der Waals surface area contributed by atoms with E-state index in [0.717, 1.165) is 17.8 Å². The summed E-state index contributed by atoms with van der Waals surface area (Å²) >= 11 is 5.94. The maximum Gasteiger partial charge on any atom is 0.257 e. The van der Waals surface area contributed by atoms with Crippen molar-refractivity contribution in [2.75, 3.05) is 24.6 Å². The average Bonchev–Trinajstić information content (AvgIpc) is 2.62. The number of hydrogen-bond acceptors (Lipinski definition) is 3. The van der Waals surface area contributed by atoms with Gasteiger partial charge in [0.05, 0.1) is 13.2 Å². The Labute approximate surface area is 141 Å². The quantitative estimate of drug-likeness (QED) is 0.937. The van der Waals surface area contributed by atoms with Gasteiger partial charge in [0.15, 0.2) is 0 Å². The summed E-state index contributed by atoms with van der Waals surface area (Å²) in [7, 11) is 0. The minimum absolute atomic E-state index is 0.0293. The summed E-state index contributed by atoms with van der Waals surface area (Å²) in [6.07, 6.45) is -0.448. The minimum atomic E-state index is -0.448. The Morgan fingerprint density at radius 3 is 2.57 bits per heavy atom. The summed E-state index contributed by atoms with van der Waals surface area (Å²) in [6, 6.07) is 17.2. The summed E-state index contributed by atoms with van der Waals surface area (Å²) < 4.78 is 5.62. The van der Waals surface area contributed by atoms with E-state index in [1.165, 1.54) is 0 Å². The summed E-state index contributed by atoms with van der Waals surface area (Å²) in [4.78, 5) is 14.7. The van der Waals surface area contributed by atoms with Crippen molar-refractivity contribution in [3.8, 4) is 0 Å². The van der Waals surface area contributed by atoms with Crippen molar-refractivity contribution in [1.82, 2.24) is 5.32 Å². The van der Waals surface area contributed by atoms with Crippen molar-refractivity contribution in [3.63, 3.8) is 0 Å². The van der Waals surface area contributed by atoms with E-state index < -0.39 is 6.10 Å². The van der Waals surface area contributed by atoms with Crippen molar-refractivity contribution in [1.29, 1.82) is 0 Å². The first-order chi connectivity index (χ1) is 11.2. The highest BCUT2D eigenvalue weighted by Gasteiger charge is 2.27. The zero-order valence-electron chi connectivity index (χ0n) is 12.7. The molecular weight excluding hydrogens is 312 g/mol. The molecule has 1 fully saturated rings. The highest BCUT2D eigenvalue weighted by atomic mass is 35.5. The number of para-hydroxylation sites is 1. The fraction of sp³-hybridized carbons (Fsp3) is 0.278. The molecule has 3 rings (SSSR count). The van der Waals surface area contributed by atoms with E-state index >= 15 is 0 Å². The SMILES string of the molecule is O=C([C@H]1CNCCO1)N(Cc1ccc(Cl)cc1)c1ccccc1. The van der Waals surface area contributed by atoms with Crippen LogP contribution in [0, 0.1) is 0 Å². The number of morpholine rings is 1. The number of hydrogen-bond donors (Lipinski definition) is 1. The van der Waals surface area contributed by atoms with Crippen LogP contribution in [0.2, 0.25) is 5.02 Å². The number of carbonyl (C=O) groups is 1. The normalized spacial score (nSPS) is 17.7. The van der Waals surface area contributed by atoms with Crippen molar-refractivity contribution < 1.29 is 9.53 Å². The maximum absolute atomic E-state index is 12.9. The van der Waals surface area contributed by atoms with Gasteiger partial charge in [0.25, 0.3) is 5.91 Å². The lowest BCUT2D eigenvalue weighted by molar-refractivity contribution is -0.131. The number of anilines is 1. The van der Waals surface area contributed by atoms with Crippen LogP contribution < -0.4 is 10.2 Å². The van der Waals surface area contributed by atoms with Crippen LogP contribution in [0.25, 0.3) is 0 Å². The van der Waals surface area contributed by atoms with Gasteiger partial charge in [-0.15, -0.1) is 0 Å². The topological polar surface area (TPSA) is 41.6 Å². The number of amides is 1. The molecule has 1 saturated heterocycles. The number of carbonyl (C=O) groups excluding carboxylic acids is 1. The molecule has 1 aliphatic heterocycles. The highest BCUT2D eigenvalue weighted by Crippen LogP contribution is 2.20. The second-order valence-electron chi connectivity index (χ2n) is 5.45. The maximum atomic E-state index is 12.9. The zero-order chi connectivity index (χ0) is 16.1. The van der Waals surface area contributed by atoms with Gasteiger partial charge in [-0.05, 0) is 29.8 Å². The Morgan fingerprint density at radius 2 is 1.91 bits per heavy atom. The van der Waals surface area contributed by atoms with Gasteiger partial charge in [0.1, 0.15) is 6.10 Å². The fourth-order valence-corrected chi connectivity index (χ4v) is 2.70. The molecule has 120 valence electrons. The van der Waals surface area contributed by atoms with Gasteiger partial charge >= 0.3 is 0 Å². The van der Waals surface area contributed by atoms with Gasteiger partial charge < -0.3 is 15.0 Å². The van der Waals surface area contributed by atoms with E-state index in [9.17, 15) is 4.79 Å². The first kappa shape index (κ1) is 16.0. The van der Waals surface area contributed by atoms with Crippen LogP contribution in [0.3, 0.4) is 0 Å². The molecule has 0 saturated carbocycles. The van der Waals surface area contributed by atoms with E-state index in [1.807, 2.05) is 54.6 Å². The fourth-order valence-electron chi connectivity index (χ4n) is 2.57. The molecule has 1 N–H and O–H groups in total. The monoisotopic (exact) mass is 330 g/mol. The van der Waals surface area contributed by atoms with Crippen LogP contribution in [-0.4, -0.2) is 31.7 Å². The van der Waals surface area contributed by atoms with Gasteiger partial charge in [0.2, 0.25) is 0 Å². The molecular formula is C18H19ClN2O2. The lowest BCUT2D eigenvalue weighted by atomic mass is 10.1. The molecule has 0 aromatic heterocycles. The van der Waals surface area contributed by atoms with E-state index in [4.69, 9.17) is 16.3 Å². The molecule has 0 aliphatic carbocycles. The summed E-state index contributed by atoms with van der Waals surface area (Å²) in [6.45, 7) is 2.37. The van der Waals surface area contributed by atoms with E-state index in [-0.39, 0.29) is 5.91 Å². The molecule has 1 amide bonds. The predicted octanol–water partition coefficient (Wildman–Crippen LogP) is 2.86. The molecule has 1 atom stereocenters. The summed E-state index contributed by atoms with van der Waals surface area (Å²) in [5.41, 5.74) is 1.89. The Bertz CT molecular complexity index is 640. The first-order valence-corrected chi connectivity index (χ1v) is 8.05. The first-order valence-electron chi connectivity index (χ1n) is 7.67. The number of benzene rings is 2. The Morgan fingerprint density at radius 1 is 1.17 bits per heavy atom. The Balaban J connectivity index is 1.84. The molecule has 5 heteroatoms. The van der Waals surface area contributed by atoms with Gasteiger partial charge in [-0.25, -0.2) is 0 Å². The largest absolute Gasteiger partial charge is 0.366 e. The van der Waals surface area contributed by atoms with Crippen molar-refractivity contribution >= 4 is 23.2 Å². The third-order valence-corrected chi connectivity index (χ3v) is 4.04. The predicted molar refractivity (Wildman–Crippen MR) is 91.7 cm³/mol. The van der Waals surface area contributed by atoms with E-state index in [1.54, 1.807) is 4.90 Å². The van der Waals surface area contributed by atoms with Crippen LogP contribution in [0.4, 0.5) is 5.69 Å². The third kappa shape index (κ3) is 4.10. The number of nitrogens with one attached hydrogen (secondary N) is 1. The van der Waals surface area contributed by atoms with Crippen LogP contribution >= 0.6 is 11.6 Å². The molecule has 0 radical (unpaired) electrons. The van der Waals surface area contributed by atoms with E-state index in [2.05, 4.69) is 5.32 Å². The Hall–Kier alpha value is -1.88. The molecule has 2 aromatic carbocycles. The Kier molecular flexibility index (Phi) is 5.28. The van der Waals surface area contributed by atoms with E-state index in [0.29, 0.717) is 24.7 Å². The van der Waals surface area contributed by atoms with Gasteiger partial charge in [-0.3, -0.25) is 4.79 Å². The summed E-state index contributed by atoms with van der Waals surface area (Å²) in [5, 5.41) is 3.89. The van der Waals surface area contributed by atoms with Crippen LogP contribution in [-0.2, 0) is 16.1 Å².